The van der Waals surface area contributed by atoms with Crippen LogP contribution in [0.5, 0.6) is 0 Å². The van der Waals surface area contributed by atoms with E-state index in [-0.39, 0.29) is 17.5 Å². The maximum absolute atomic E-state index is 13.1. The molecular formula is C21H27N3O2. The van der Waals surface area contributed by atoms with Crippen molar-refractivity contribution >= 4 is 5.91 Å². The molecule has 5 rings (SSSR count). The van der Waals surface area contributed by atoms with E-state index >= 15 is 0 Å². The molecule has 138 valence electrons. The van der Waals surface area contributed by atoms with Gasteiger partial charge in [0.1, 0.15) is 11.3 Å². The van der Waals surface area contributed by atoms with Crippen molar-refractivity contribution < 1.29 is 9.32 Å². The average Bonchev–Trinajstić information content (AvgIpc) is 3.00. The van der Waals surface area contributed by atoms with Crippen LogP contribution in [0.3, 0.4) is 0 Å². The molecule has 2 aromatic rings. The summed E-state index contributed by atoms with van der Waals surface area (Å²) in [7, 11) is 2.21. The number of piperidine rings is 2. The van der Waals surface area contributed by atoms with Gasteiger partial charge in [-0.3, -0.25) is 9.69 Å². The molecule has 2 bridgehead atoms. The van der Waals surface area contributed by atoms with Gasteiger partial charge in [0.2, 0.25) is 0 Å². The lowest BCUT2D eigenvalue weighted by Gasteiger charge is -2.57. The number of nitrogens with one attached hydrogen (secondary N) is 1. The van der Waals surface area contributed by atoms with Gasteiger partial charge in [0.15, 0.2) is 0 Å². The lowest BCUT2D eigenvalue weighted by atomic mass is 9.66. The van der Waals surface area contributed by atoms with Crippen LogP contribution >= 0.6 is 0 Å². The molecule has 5 nitrogen and oxygen atoms in total. The van der Waals surface area contributed by atoms with Crippen molar-refractivity contribution in [3.8, 4) is 0 Å². The van der Waals surface area contributed by atoms with Gasteiger partial charge in [-0.1, -0.05) is 35.5 Å². The van der Waals surface area contributed by atoms with Gasteiger partial charge < -0.3 is 9.84 Å². The minimum Gasteiger partial charge on any atom is -0.361 e. The second-order valence-corrected chi connectivity index (χ2v) is 7.94. The Hall–Kier alpha value is -2.14. The molecule has 0 spiro atoms. The molecule has 1 amide bonds. The summed E-state index contributed by atoms with van der Waals surface area (Å²) in [5.74, 6) is 1.28. The number of aromatic nitrogens is 1. The van der Waals surface area contributed by atoms with Gasteiger partial charge in [-0.2, -0.15) is 0 Å². The molecule has 1 N–H and O–H groups in total. The number of nitrogens with zero attached hydrogens (tertiary/aromatic N) is 2. The minimum absolute atomic E-state index is 0.0231. The van der Waals surface area contributed by atoms with E-state index in [0.717, 1.165) is 25.3 Å². The third-order valence-corrected chi connectivity index (χ3v) is 6.47. The summed E-state index contributed by atoms with van der Waals surface area (Å²) in [5, 5.41) is 7.30. The monoisotopic (exact) mass is 353 g/mol. The van der Waals surface area contributed by atoms with Crippen molar-refractivity contribution in [2.24, 2.45) is 5.92 Å². The van der Waals surface area contributed by atoms with E-state index in [1.807, 2.05) is 13.0 Å². The Morgan fingerprint density at radius 1 is 1.27 bits per heavy atom. The van der Waals surface area contributed by atoms with Crippen LogP contribution in [0.15, 0.2) is 34.9 Å². The van der Waals surface area contributed by atoms with Crippen LogP contribution in [-0.2, 0) is 0 Å². The highest BCUT2D eigenvalue weighted by atomic mass is 16.5. The van der Waals surface area contributed by atoms with E-state index in [1.165, 1.54) is 18.4 Å². The van der Waals surface area contributed by atoms with E-state index in [1.54, 1.807) is 6.92 Å². The normalized spacial score (nSPS) is 26.7. The summed E-state index contributed by atoms with van der Waals surface area (Å²) in [5.41, 5.74) is 2.35. The number of aryl methyl sites for hydroxylation is 2. The van der Waals surface area contributed by atoms with Crippen LogP contribution in [0.1, 0.15) is 59.1 Å². The highest BCUT2D eigenvalue weighted by molar-refractivity contribution is 5.96. The lowest BCUT2D eigenvalue weighted by Crippen LogP contribution is -2.62. The van der Waals surface area contributed by atoms with Crippen LogP contribution in [0.4, 0.5) is 0 Å². The highest BCUT2D eigenvalue weighted by Gasteiger charge is 2.50. The number of carbonyl (C=O) groups is 1. The van der Waals surface area contributed by atoms with Crippen molar-refractivity contribution in [3.63, 3.8) is 0 Å². The summed E-state index contributed by atoms with van der Waals surface area (Å²) in [6.07, 6.45) is 4.73. The van der Waals surface area contributed by atoms with Crippen molar-refractivity contribution in [1.29, 1.82) is 0 Å². The van der Waals surface area contributed by atoms with E-state index in [0.29, 0.717) is 17.0 Å². The number of carbonyl (C=O) groups excluding carboxylic acids is 1. The van der Waals surface area contributed by atoms with Gasteiger partial charge in [-0.15, -0.1) is 0 Å². The second-order valence-electron chi connectivity index (χ2n) is 7.94. The molecule has 1 aromatic heterocycles. The lowest BCUT2D eigenvalue weighted by molar-refractivity contribution is -0.0404. The molecule has 3 fully saturated rings. The molecule has 3 heterocycles. The van der Waals surface area contributed by atoms with Crippen LogP contribution < -0.4 is 5.32 Å². The Kier molecular flexibility index (Phi) is 4.35. The summed E-state index contributed by atoms with van der Waals surface area (Å²) in [6, 6.07) is 10.3. The smallest absolute Gasteiger partial charge is 0.257 e. The van der Waals surface area contributed by atoms with Crippen molar-refractivity contribution in [2.75, 3.05) is 13.6 Å². The van der Waals surface area contributed by atoms with E-state index < -0.39 is 0 Å². The van der Waals surface area contributed by atoms with Gasteiger partial charge in [0.25, 0.3) is 5.91 Å². The fraction of sp³-hybridized carbons (Fsp3) is 0.524. The Balaban J connectivity index is 1.71. The summed E-state index contributed by atoms with van der Waals surface area (Å²) < 4.78 is 5.21. The maximum Gasteiger partial charge on any atom is 0.257 e. The minimum atomic E-state index is -0.0921. The average molecular weight is 353 g/mol. The molecule has 3 aliphatic rings. The molecule has 1 aliphatic carbocycles. The number of benzene rings is 1. The Morgan fingerprint density at radius 2 is 1.96 bits per heavy atom. The SMILES string of the molecule is Cc1noc(C)c1C(=O)NC(c1ccccc1)C12CCC(CC1)CN2C. The quantitative estimate of drug-likeness (QED) is 0.912. The number of likely N-dealkylation sites (N-methyl/N-ethyl adjacent to an activating group) is 1. The molecule has 2 saturated heterocycles. The first-order valence-electron chi connectivity index (χ1n) is 9.51. The fourth-order valence-electron chi connectivity index (χ4n) is 5.00. The fourth-order valence-corrected chi connectivity index (χ4v) is 5.00. The second kappa shape index (κ2) is 6.54. The number of hydrogen-bond donors (Lipinski definition) is 1. The standard InChI is InChI=1S/C21H27N3O2/c1-14-18(15(2)26-23-14)20(25)22-19(17-7-5-4-6-8-17)21-11-9-16(10-12-21)13-24(21)3/h4-8,16,19H,9-13H2,1-3H3,(H,22,25). The van der Waals surface area contributed by atoms with Gasteiger partial charge in [-0.25, -0.2) is 0 Å². The first-order chi connectivity index (χ1) is 12.5. The zero-order valence-corrected chi connectivity index (χ0v) is 15.8. The number of rotatable bonds is 4. The predicted molar refractivity (Wildman–Crippen MR) is 99.9 cm³/mol. The van der Waals surface area contributed by atoms with Gasteiger partial charge in [0.05, 0.1) is 11.7 Å². The topological polar surface area (TPSA) is 58.4 Å². The molecule has 1 atom stereocenters. The van der Waals surface area contributed by atoms with Crippen LogP contribution in [0, 0.1) is 19.8 Å². The zero-order valence-electron chi connectivity index (χ0n) is 15.8. The highest BCUT2D eigenvalue weighted by Crippen LogP contribution is 2.49. The first-order valence-corrected chi connectivity index (χ1v) is 9.51. The molecule has 26 heavy (non-hydrogen) atoms. The number of hydrogen-bond acceptors (Lipinski definition) is 4. The Labute approximate surface area is 154 Å². The number of fused-ring (bicyclic) bond motifs is 3. The van der Waals surface area contributed by atoms with E-state index in [4.69, 9.17) is 4.52 Å². The Morgan fingerprint density at radius 3 is 2.54 bits per heavy atom. The third-order valence-electron chi connectivity index (χ3n) is 6.47. The van der Waals surface area contributed by atoms with Crippen molar-refractivity contribution in [2.45, 2.75) is 51.1 Å². The maximum atomic E-state index is 13.1. The molecule has 5 heteroatoms. The van der Waals surface area contributed by atoms with Gasteiger partial charge in [0, 0.05) is 12.1 Å². The number of amides is 1. The third kappa shape index (κ3) is 2.75. The molecule has 1 unspecified atom stereocenters. The van der Waals surface area contributed by atoms with Crippen LogP contribution in [0.25, 0.3) is 0 Å². The molecule has 1 saturated carbocycles. The van der Waals surface area contributed by atoms with Crippen molar-refractivity contribution in [3.05, 3.63) is 52.9 Å². The van der Waals surface area contributed by atoms with Gasteiger partial charge >= 0.3 is 0 Å². The zero-order chi connectivity index (χ0) is 18.3. The molecular weight excluding hydrogens is 326 g/mol. The van der Waals surface area contributed by atoms with Crippen LogP contribution in [-0.4, -0.2) is 35.1 Å². The van der Waals surface area contributed by atoms with Gasteiger partial charge in [-0.05, 0) is 58.1 Å². The Bertz CT molecular complexity index is 771. The molecule has 0 radical (unpaired) electrons. The molecule has 1 aromatic carbocycles. The molecule has 2 aliphatic heterocycles. The predicted octanol–water partition coefficient (Wildman–Crippen LogP) is 3.64. The first kappa shape index (κ1) is 17.3. The summed E-state index contributed by atoms with van der Waals surface area (Å²) in [4.78, 5) is 15.6. The van der Waals surface area contributed by atoms with Crippen LogP contribution in [0.2, 0.25) is 0 Å². The summed E-state index contributed by atoms with van der Waals surface area (Å²) in [6.45, 7) is 4.73. The van der Waals surface area contributed by atoms with Crippen molar-refractivity contribution in [1.82, 2.24) is 15.4 Å². The van der Waals surface area contributed by atoms with E-state index in [2.05, 4.69) is 46.7 Å². The largest absolute Gasteiger partial charge is 0.361 e. The summed E-state index contributed by atoms with van der Waals surface area (Å²) >= 11 is 0. The van der Waals surface area contributed by atoms with E-state index in [9.17, 15) is 4.79 Å².